The van der Waals surface area contributed by atoms with Crippen LogP contribution < -0.4 is 0 Å². The maximum Gasteiger partial charge on any atom is 0.322 e. The molecule has 0 aromatic heterocycles. The molecule has 0 unspecified atom stereocenters. The minimum absolute atomic E-state index is 0.211. The summed E-state index contributed by atoms with van der Waals surface area (Å²) in [6.07, 6.45) is 2.97. The number of hydrogen-bond acceptors (Lipinski definition) is 0. The minimum Gasteiger partial charge on any atom is -0.233 e. The number of allylic oxidation sites excluding steroid dienone is 2. The standard InChI is InChI=1S/C8H6F4/c9-6-4-1-2-5(3-4)7(6,10)8(6,11)12/h1-2,4-5H,3H2/t4-,5+,6+,7-. The smallest absolute Gasteiger partial charge is 0.233 e. The van der Waals surface area contributed by atoms with Crippen molar-refractivity contribution < 1.29 is 17.6 Å². The van der Waals surface area contributed by atoms with E-state index in [0.717, 1.165) is 0 Å². The molecule has 0 spiro atoms. The molecule has 2 bridgehead atoms. The first-order valence-electron chi connectivity index (χ1n) is 3.90. The summed E-state index contributed by atoms with van der Waals surface area (Å²) >= 11 is 0. The van der Waals surface area contributed by atoms with Gasteiger partial charge in [-0.1, -0.05) is 12.2 Å². The molecule has 3 aliphatic rings. The van der Waals surface area contributed by atoms with E-state index in [4.69, 9.17) is 0 Å². The third-order valence-corrected chi connectivity index (χ3v) is 3.49. The molecule has 12 heavy (non-hydrogen) atoms. The molecule has 3 aliphatic carbocycles. The Bertz CT molecular complexity index is 271. The summed E-state index contributed by atoms with van der Waals surface area (Å²) in [5, 5.41) is 0. The van der Waals surface area contributed by atoms with Gasteiger partial charge in [-0.2, -0.15) is 8.78 Å². The quantitative estimate of drug-likeness (QED) is 0.394. The van der Waals surface area contributed by atoms with E-state index in [1.54, 1.807) is 0 Å². The van der Waals surface area contributed by atoms with E-state index in [2.05, 4.69) is 0 Å². The van der Waals surface area contributed by atoms with Gasteiger partial charge in [0.05, 0.1) is 0 Å². The first-order chi connectivity index (χ1) is 5.46. The minimum atomic E-state index is -3.75. The third kappa shape index (κ3) is 0.328. The zero-order valence-electron chi connectivity index (χ0n) is 6.03. The van der Waals surface area contributed by atoms with Crippen LogP contribution in [0.4, 0.5) is 17.6 Å². The maximum absolute atomic E-state index is 13.4. The second-order valence-electron chi connectivity index (χ2n) is 3.83. The van der Waals surface area contributed by atoms with Gasteiger partial charge < -0.3 is 0 Å². The lowest BCUT2D eigenvalue weighted by Gasteiger charge is -2.09. The zero-order valence-corrected chi connectivity index (χ0v) is 6.03. The predicted octanol–water partition coefficient (Wildman–Crippen LogP) is 2.26. The van der Waals surface area contributed by atoms with Crippen molar-refractivity contribution in [3.63, 3.8) is 0 Å². The fourth-order valence-electron chi connectivity index (χ4n) is 2.76. The van der Waals surface area contributed by atoms with Gasteiger partial charge >= 0.3 is 5.92 Å². The topological polar surface area (TPSA) is 0 Å². The van der Waals surface area contributed by atoms with Gasteiger partial charge in [-0.15, -0.1) is 0 Å². The van der Waals surface area contributed by atoms with E-state index < -0.39 is 29.1 Å². The summed E-state index contributed by atoms with van der Waals surface area (Å²) in [4.78, 5) is 0. The molecule has 66 valence electrons. The predicted molar refractivity (Wildman–Crippen MR) is 33.4 cm³/mol. The molecule has 0 saturated heterocycles. The lowest BCUT2D eigenvalue weighted by atomic mass is 10.0. The van der Waals surface area contributed by atoms with Crippen LogP contribution in [0.5, 0.6) is 0 Å². The van der Waals surface area contributed by atoms with Gasteiger partial charge in [-0.05, 0) is 6.42 Å². The van der Waals surface area contributed by atoms with Crippen LogP contribution in [0.2, 0.25) is 0 Å². The first kappa shape index (κ1) is 6.92. The van der Waals surface area contributed by atoms with Gasteiger partial charge in [-0.25, -0.2) is 8.78 Å². The molecule has 0 N–H and O–H groups in total. The summed E-state index contributed by atoms with van der Waals surface area (Å²) in [5.41, 5.74) is -5.75. The lowest BCUT2D eigenvalue weighted by Crippen LogP contribution is -2.21. The van der Waals surface area contributed by atoms with Crippen LogP contribution in [0.15, 0.2) is 12.2 Å². The van der Waals surface area contributed by atoms with Gasteiger partial charge in [0.25, 0.3) is 0 Å². The Balaban J connectivity index is 2.19. The lowest BCUT2D eigenvalue weighted by molar-refractivity contribution is -0.00458. The third-order valence-electron chi connectivity index (χ3n) is 3.49. The Kier molecular flexibility index (Phi) is 0.771. The van der Waals surface area contributed by atoms with E-state index in [0.29, 0.717) is 0 Å². The summed E-state index contributed by atoms with van der Waals surface area (Å²) in [6, 6.07) is 0. The van der Waals surface area contributed by atoms with Crippen LogP contribution in [0.1, 0.15) is 6.42 Å². The molecular weight excluding hydrogens is 172 g/mol. The first-order valence-corrected chi connectivity index (χ1v) is 3.90. The van der Waals surface area contributed by atoms with Crippen LogP contribution >= 0.6 is 0 Å². The number of fused-ring (bicyclic) bond motifs is 5. The molecule has 0 aliphatic heterocycles. The summed E-state index contributed by atoms with van der Waals surface area (Å²) in [7, 11) is 0. The largest absolute Gasteiger partial charge is 0.322 e. The normalized spacial score (nSPS) is 63.7. The fraction of sp³-hybridized carbons (Fsp3) is 0.750. The van der Waals surface area contributed by atoms with E-state index in [9.17, 15) is 17.6 Å². The van der Waals surface area contributed by atoms with E-state index in [1.807, 2.05) is 0 Å². The second kappa shape index (κ2) is 1.34. The molecule has 0 aromatic rings. The van der Waals surface area contributed by atoms with Crippen LogP contribution in [-0.4, -0.2) is 17.3 Å². The van der Waals surface area contributed by atoms with Gasteiger partial charge in [0, 0.05) is 11.8 Å². The molecule has 2 saturated carbocycles. The molecule has 4 atom stereocenters. The molecule has 3 rings (SSSR count). The van der Waals surface area contributed by atoms with Crippen molar-refractivity contribution in [2.45, 2.75) is 23.7 Å². The molecular formula is C8H6F4. The monoisotopic (exact) mass is 178 g/mol. The number of alkyl halides is 4. The fourth-order valence-corrected chi connectivity index (χ4v) is 2.76. The Morgan fingerprint density at radius 2 is 1.33 bits per heavy atom. The second-order valence-corrected chi connectivity index (χ2v) is 3.83. The van der Waals surface area contributed by atoms with Crippen LogP contribution in [0, 0.1) is 11.8 Å². The highest BCUT2D eigenvalue weighted by Crippen LogP contribution is 2.80. The summed E-state index contributed by atoms with van der Waals surface area (Å²) in [5.74, 6) is -5.55. The van der Waals surface area contributed by atoms with Crippen molar-refractivity contribution in [2.24, 2.45) is 11.8 Å². The molecule has 0 aromatic carbocycles. The Morgan fingerprint density at radius 3 is 1.67 bits per heavy atom. The number of halogens is 4. The van der Waals surface area contributed by atoms with E-state index >= 15 is 0 Å². The van der Waals surface area contributed by atoms with Gasteiger partial charge in [0.1, 0.15) is 0 Å². The molecule has 0 radical (unpaired) electrons. The van der Waals surface area contributed by atoms with E-state index in [-0.39, 0.29) is 6.42 Å². The maximum atomic E-state index is 13.4. The number of rotatable bonds is 0. The zero-order chi connectivity index (χ0) is 8.78. The van der Waals surface area contributed by atoms with Gasteiger partial charge in [0.15, 0.2) is 0 Å². The molecule has 0 nitrogen and oxygen atoms in total. The number of hydrogen-bond donors (Lipinski definition) is 0. The average molecular weight is 178 g/mol. The van der Waals surface area contributed by atoms with E-state index in [1.165, 1.54) is 12.2 Å². The Morgan fingerprint density at radius 1 is 0.917 bits per heavy atom. The van der Waals surface area contributed by atoms with Crippen LogP contribution in [0.3, 0.4) is 0 Å². The van der Waals surface area contributed by atoms with Crippen molar-refractivity contribution in [3.05, 3.63) is 12.2 Å². The van der Waals surface area contributed by atoms with Crippen molar-refractivity contribution in [1.29, 1.82) is 0 Å². The van der Waals surface area contributed by atoms with Crippen LogP contribution in [-0.2, 0) is 0 Å². The Hall–Kier alpha value is -0.540. The average Bonchev–Trinajstić information content (AvgIpc) is 2.49. The van der Waals surface area contributed by atoms with Crippen molar-refractivity contribution >= 4 is 0 Å². The SMILES string of the molecule is FC1(F)[C@]2(F)[C@@H]3C=C[C@@H](C3)[C@]12F. The molecule has 0 heterocycles. The highest BCUT2D eigenvalue weighted by molar-refractivity contribution is 5.48. The summed E-state index contributed by atoms with van der Waals surface area (Å²) < 4.78 is 52.3. The molecule has 4 heteroatoms. The Labute approximate surface area is 66.2 Å². The van der Waals surface area contributed by atoms with Crippen molar-refractivity contribution in [2.75, 3.05) is 0 Å². The molecule has 2 fully saturated rings. The van der Waals surface area contributed by atoms with Crippen molar-refractivity contribution in [3.8, 4) is 0 Å². The summed E-state index contributed by atoms with van der Waals surface area (Å²) in [6.45, 7) is 0. The van der Waals surface area contributed by atoms with Gasteiger partial charge in [0.2, 0.25) is 11.3 Å². The highest BCUT2D eigenvalue weighted by Gasteiger charge is 3.02. The van der Waals surface area contributed by atoms with Gasteiger partial charge in [-0.3, -0.25) is 0 Å². The highest BCUT2D eigenvalue weighted by atomic mass is 19.3. The van der Waals surface area contributed by atoms with Crippen molar-refractivity contribution in [1.82, 2.24) is 0 Å². The van der Waals surface area contributed by atoms with Crippen LogP contribution in [0.25, 0.3) is 0 Å². The molecule has 0 amide bonds.